The van der Waals surface area contributed by atoms with E-state index in [0.29, 0.717) is 5.71 Å². The van der Waals surface area contributed by atoms with Crippen LogP contribution in [0.25, 0.3) is 0 Å². The van der Waals surface area contributed by atoms with Gasteiger partial charge in [0.05, 0.1) is 5.71 Å². The molecule has 0 bridgehead atoms. The van der Waals surface area contributed by atoms with Crippen molar-refractivity contribution in [2.75, 3.05) is 0 Å². The van der Waals surface area contributed by atoms with Crippen molar-refractivity contribution in [2.24, 2.45) is 5.16 Å². The Morgan fingerprint density at radius 2 is 1.76 bits per heavy atom. The highest BCUT2D eigenvalue weighted by Crippen LogP contribution is 2.08. The topological polar surface area (TPSA) is 47.9 Å². The normalized spacial score (nSPS) is 11.0. The Kier molecular flexibility index (Phi) is 5.74. The van der Waals surface area contributed by atoms with Crippen molar-refractivity contribution in [1.82, 2.24) is 0 Å². The van der Waals surface area contributed by atoms with Crippen LogP contribution in [-0.4, -0.2) is 11.9 Å². The van der Waals surface area contributed by atoms with Crippen LogP contribution in [0.2, 0.25) is 0 Å². The number of hydrogen-bond acceptors (Lipinski definition) is 4. The molecule has 0 spiro atoms. The molecule has 0 radical (unpaired) electrons. The molecule has 0 aliphatic carbocycles. The van der Waals surface area contributed by atoms with Crippen molar-refractivity contribution in [1.29, 1.82) is 0 Å². The van der Waals surface area contributed by atoms with Crippen molar-refractivity contribution < 1.29 is 14.4 Å². The van der Waals surface area contributed by atoms with E-state index in [1.165, 1.54) is 0 Å². The van der Waals surface area contributed by atoms with Crippen LogP contribution in [0.1, 0.15) is 18.1 Å². The molecule has 2 rings (SSSR count). The first-order valence-electron chi connectivity index (χ1n) is 6.33. The first-order valence-corrected chi connectivity index (χ1v) is 7.41. The van der Waals surface area contributed by atoms with Crippen molar-refractivity contribution in [3.05, 3.63) is 69.3 Å². The number of carbonyl (C=O) groups is 1. The molecule has 0 heterocycles. The van der Waals surface area contributed by atoms with E-state index in [0.717, 1.165) is 14.7 Å². The lowest BCUT2D eigenvalue weighted by Gasteiger charge is -2.03. The summed E-state index contributed by atoms with van der Waals surface area (Å²) in [6, 6.07) is 17.1. The van der Waals surface area contributed by atoms with Gasteiger partial charge in [0.1, 0.15) is 6.61 Å². The van der Waals surface area contributed by atoms with E-state index in [1.807, 2.05) is 54.6 Å². The molecule has 0 atom stereocenters. The fourth-order valence-electron chi connectivity index (χ4n) is 1.59. The number of ether oxygens (including phenoxy) is 1. The van der Waals surface area contributed by atoms with Crippen LogP contribution in [-0.2, 0) is 16.2 Å². The number of rotatable bonds is 4. The highest BCUT2D eigenvalue weighted by Gasteiger charge is 2.05. The van der Waals surface area contributed by atoms with Gasteiger partial charge in [0, 0.05) is 3.57 Å². The van der Waals surface area contributed by atoms with E-state index < -0.39 is 6.16 Å². The Labute approximate surface area is 136 Å². The summed E-state index contributed by atoms with van der Waals surface area (Å²) < 4.78 is 6.10. The summed E-state index contributed by atoms with van der Waals surface area (Å²) in [6.45, 7) is 1.93. The molecular formula is C16H14INO3. The molecule has 21 heavy (non-hydrogen) atoms. The van der Waals surface area contributed by atoms with Crippen molar-refractivity contribution in [3.63, 3.8) is 0 Å². The molecule has 0 saturated carbocycles. The van der Waals surface area contributed by atoms with Gasteiger partial charge in [-0.1, -0.05) is 47.6 Å². The number of nitrogens with zero attached hydrogens (tertiary/aromatic N) is 1. The van der Waals surface area contributed by atoms with Gasteiger partial charge in [0.25, 0.3) is 0 Å². The van der Waals surface area contributed by atoms with Gasteiger partial charge in [-0.05, 0) is 52.8 Å². The summed E-state index contributed by atoms with van der Waals surface area (Å²) in [7, 11) is 0. The second-order valence-electron chi connectivity index (χ2n) is 4.30. The van der Waals surface area contributed by atoms with Crippen LogP contribution >= 0.6 is 22.6 Å². The minimum absolute atomic E-state index is 0.164. The van der Waals surface area contributed by atoms with Gasteiger partial charge >= 0.3 is 6.16 Å². The highest BCUT2D eigenvalue weighted by atomic mass is 127. The fraction of sp³-hybridized carbons (Fsp3) is 0.125. The number of benzene rings is 2. The van der Waals surface area contributed by atoms with Gasteiger partial charge in [0.2, 0.25) is 0 Å². The number of halogens is 1. The number of hydrogen-bond donors (Lipinski definition) is 0. The van der Waals surface area contributed by atoms with Crippen LogP contribution < -0.4 is 0 Å². The van der Waals surface area contributed by atoms with Gasteiger partial charge < -0.3 is 4.74 Å². The molecule has 0 aliphatic heterocycles. The fourth-order valence-corrected chi connectivity index (χ4v) is 1.95. The summed E-state index contributed by atoms with van der Waals surface area (Å²) >= 11 is 2.22. The molecule has 0 amide bonds. The standard InChI is InChI=1S/C16H14INO3/c1-12(14-7-9-15(17)10-8-14)18-21-16(19)20-11-13-5-3-2-4-6-13/h2-10H,11H2,1H3/b18-12+. The molecule has 0 aliphatic rings. The maximum Gasteiger partial charge on any atom is 0.535 e. The average Bonchev–Trinajstić information content (AvgIpc) is 2.52. The van der Waals surface area contributed by atoms with E-state index >= 15 is 0 Å². The SMILES string of the molecule is C/C(=N\OC(=O)OCc1ccccc1)c1ccc(I)cc1. The van der Waals surface area contributed by atoms with E-state index in [2.05, 4.69) is 27.7 Å². The first-order chi connectivity index (χ1) is 10.1. The smallest absolute Gasteiger partial charge is 0.428 e. The summed E-state index contributed by atoms with van der Waals surface area (Å²) in [5.74, 6) is 0. The number of carbonyl (C=O) groups excluding carboxylic acids is 1. The van der Waals surface area contributed by atoms with Gasteiger partial charge in [-0.25, -0.2) is 4.79 Å². The zero-order valence-corrected chi connectivity index (χ0v) is 13.6. The summed E-state index contributed by atoms with van der Waals surface area (Å²) in [4.78, 5) is 16.2. The maximum absolute atomic E-state index is 11.5. The lowest BCUT2D eigenvalue weighted by Crippen LogP contribution is -2.06. The second kappa shape index (κ2) is 7.78. The Morgan fingerprint density at radius 3 is 2.43 bits per heavy atom. The van der Waals surface area contributed by atoms with Gasteiger partial charge in [-0.2, -0.15) is 0 Å². The number of oxime groups is 1. The summed E-state index contributed by atoms with van der Waals surface area (Å²) in [6.07, 6.45) is -0.816. The Morgan fingerprint density at radius 1 is 1.10 bits per heavy atom. The third-order valence-electron chi connectivity index (χ3n) is 2.72. The quantitative estimate of drug-likeness (QED) is 0.254. The van der Waals surface area contributed by atoms with Crippen LogP contribution in [0.5, 0.6) is 0 Å². The third-order valence-corrected chi connectivity index (χ3v) is 3.44. The molecule has 0 aromatic heterocycles. The van der Waals surface area contributed by atoms with E-state index in [1.54, 1.807) is 6.92 Å². The molecule has 0 fully saturated rings. The molecule has 0 saturated heterocycles. The first kappa shape index (κ1) is 15.5. The average molecular weight is 395 g/mol. The van der Waals surface area contributed by atoms with Crippen LogP contribution in [0, 0.1) is 3.57 Å². The Bertz CT molecular complexity index is 624. The van der Waals surface area contributed by atoms with E-state index in [-0.39, 0.29) is 6.61 Å². The van der Waals surface area contributed by atoms with Crippen LogP contribution in [0.15, 0.2) is 59.8 Å². The monoisotopic (exact) mass is 395 g/mol. The molecule has 4 nitrogen and oxygen atoms in total. The molecular weight excluding hydrogens is 381 g/mol. The van der Waals surface area contributed by atoms with E-state index in [9.17, 15) is 4.79 Å². The predicted octanol–water partition coefficient (Wildman–Crippen LogP) is 4.37. The zero-order chi connectivity index (χ0) is 15.1. The summed E-state index contributed by atoms with van der Waals surface area (Å²) in [5, 5.41) is 3.78. The third kappa shape index (κ3) is 5.18. The van der Waals surface area contributed by atoms with Gasteiger partial charge in [-0.15, -0.1) is 0 Å². The molecule has 2 aromatic rings. The molecule has 0 unspecified atom stereocenters. The predicted molar refractivity (Wildman–Crippen MR) is 89.1 cm³/mol. The van der Waals surface area contributed by atoms with Gasteiger partial charge in [0.15, 0.2) is 0 Å². The maximum atomic E-state index is 11.5. The van der Waals surface area contributed by atoms with E-state index in [4.69, 9.17) is 9.57 Å². The lowest BCUT2D eigenvalue weighted by molar-refractivity contribution is 0.0519. The van der Waals surface area contributed by atoms with Crippen molar-refractivity contribution in [2.45, 2.75) is 13.5 Å². The van der Waals surface area contributed by atoms with Crippen molar-refractivity contribution >= 4 is 34.5 Å². The molecule has 5 heteroatoms. The Hall–Kier alpha value is -1.89. The zero-order valence-electron chi connectivity index (χ0n) is 11.5. The molecule has 108 valence electrons. The van der Waals surface area contributed by atoms with Crippen molar-refractivity contribution in [3.8, 4) is 0 Å². The largest absolute Gasteiger partial charge is 0.535 e. The van der Waals surface area contributed by atoms with Crippen LogP contribution in [0.4, 0.5) is 4.79 Å². The second-order valence-corrected chi connectivity index (χ2v) is 5.54. The minimum atomic E-state index is -0.816. The minimum Gasteiger partial charge on any atom is -0.428 e. The summed E-state index contributed by atoms with van der Waals surface area (Å²) in [5.41, 5.74) is 2.40. The Balaban J connectivity index is 1.85. The van der Waals surface area contributed by atoms with Crippen LogP contribution in [0.3, 0.4) is 0 Å². The molecule has 2 aromatic carbocycles. The molecule has 0 N–H and O–H groups in total. The highest BCUT2D eigenvalue weighted by molar-refractivity contribution is 14.1. The van der Waals surface area contributed by atoms with Gasteiger partial charge in [-0.3, -0.25) is 4.84 Å². The lowest BCUT2D eigenvalue weighted by atomic mass is 10.1.